The van der Waals surface area contributed by atoms with Crippen molar-refractivity contribution in [3.8, 4) is 11.5 Å². The number of aromatic hydroxyl groups is 1. The molecule has 0 saturated carbocycles. The fraction of sp³-hybridized carbons (Fsp3) is 0.571. The van der Waals surface area contributed by atoms with Crippen molar-refractivity contribution in [2.24, 2.45) is 0 Å². The summed E-state index contributed by atoms with van der Waals surface area (Å²) in [6, 6.07) is 1.50. The number of likely N-dealkylation sites (tertiary alicyclic amines) is 1. The van der Waals surface area contributed by atoms with Crippen molar-refractivity contribution in [2.75, 3.05) is 13.2 Å². The molecular formula is C14H20N2O4. The summed E-state index contributed by atoms with van der Waals surface area (Å²) in [6.07, 6.45) is 3.43. The number of hydrogen-bond acceptors (Lipinski definition) is 5. The monoisotopic (exact) mass is 280 g/mol. The zero-order valence-electron chi connectivity index (χ0n) is 12.0. The Hall–Kier alpha value is -1.98. The third-order valence-corrected chi connectivity index (χ3v) is 2.91. The standard InChI is InChI=1S/C14H20N2O4/c1-14(2,3)20-13(18)16-5-4-10(16)9-19-12-6-11(17)7-15-8-12/h6-8,10,17H,4-5,9H2,1-3H3/t10-/m0/s1. The van der Waals surface area contributed by atoms with E-state index in [-0.39, 0.29) is 17.9 Å². The fourth-order valence-corrected chi connectivity index (χ4v) is 1.85. The average molecular weight is 280 g/mol. The van der Waals surface area contributed by atoms with Crippen LogP contribution in [0.1, 0.15) is 27.2 Å². The maximum absolute atomic E-state index is 11.9. The van der Waals surface area contributed by atoms with Crippen molar-refractivity contribution in [2.45, 2.75) is 38.8 Å². The summed E-state index contributed by atoms with van der Waals surface area (Å²) in [5.74, 6) is 0.543. The highest BCUT2D eigenvalue weighted by Crippen LogP contribution is 2.23. The Labute approximate surface area is 118 Å². The van der Waals surface area contributed by atoms with Gasteiger partial charge in [-0.2, -0.15) is 0 Å². The number of aromatic nitrogens is 1. The molecule has 2 heterocycles. The number of amides is 1. The molecule has 6 nitrogen and oxygen atoms in total. The first kappa shape index (κ1) is 14.4. The van der Waals surface area contributed by atoms with Crippen LogP contribution in [0.3, 0.4) is 0 Å². The fourth-order valence-electron chi connectivity index (χ4n) is 1.85. The average Bonchev–Trinajstić information content (AvgIpc) is 2.24. The van der Waals surface area contributed by atoms with Gasteiger partial charge in [0.15, 0.2) is 0 Å². The molecule has 1 amide bonds. The molecule has 0 aliphatic carbocycles. The molecule has 1 fully saturated rings. The minimum atomic E-state index is -0.493. The van der Waals surface area contributed by atoms with Crippen LogP contribution in [0.5, 0.6) is 11.5 Å². The van der Waals surface area contributed by atoms with E-state index in [4.69, 9.17) is 9.47 Å². The van der Waals surface area contributed by atoms with Crippen LogP contribution in [-0.4, -0.2) is 45.9 Å². The molecule has 0 spiro atoms. The SMILES string of the molecule is CC(C)(C)OC(=O)N1CC[C@H]1COc1cncc(O)c1. The number of nitrogens with zero attached hydrogens (tertiary/aromatic N) is 2. The van der Waals surface area contributed by atoms with Crippen LogP contribution in [0.15, 0.2) is 18.5 Å². The zero-order valence-corrected chi connectivity index (χ0v) is 12.0. The maximum atomic E-state index is 11.9. The summed E-state index contributed by atoms with van der Waals surface area (Å²) in [4.78, 5) is 17.4. The Kier molecular flexibility index (Phi) is 4.01. The normalized spacial score (nSPS) is 18.4. The lowest BCUT2D eigenvalue weighted by Gasteiger charge is -2.40. The number of hydrogen-bond donors (Lipinski definition) is 1. The topological polar surface area (TPSA) is 71.9 Å². The second-order valence-electron chi connectivity index (χ2n) is 5.81. The summed E-state index contributed by atoms with van der Waals surface area (Å²) < 4.78 is 10.9. The van der Waals surface area contributed by atoms with E-state index in [1.54, 1.807) is 4.90 Å². The molecule has 20 heavy (non-hydrogen) atoms. The number of carbonyl (C=O) groups excluding carboxylic acids is 1. The molecule has 1 aliphatic heterocycles. The molecule has 1 N–H and O–H groups in total. The number of rotatable bonds is 3. The van der Waals surface area contributed by atoms with E-state index in [1.807, 2.05) is 20.8 Å². The lowest BCUT2D eigenvalue weighted by atomic mass is 10.1. The van der Waals surface area contributed by atoms with Crippen LogP contribution >= 0.6 is 0 Å². The van der Waals surface area contributed by atoms with Crippen LogP contribution in [0.2, 0.25) is 0 Å². The highest BCUT2D eigenvalue weighted by Gasteiger charge is 2.35. The van der Waals surface area contributed by atoms with E-state index in [2.05, 4.69) is 4.98 Å². The molecular weight excluding hydrogens is 260 g/mol. The van der Waals surface area contributed by atoms with Gasteiger partial charge in [0, 0.05) is 12.6 Å². The zero-order chi connectivity index (χ0) is 14.8. The highest BCUT2D eigenvalue weighted by atomic mass is 16.6. The van der Waals surface area contributed by atoms with Crippen LogP contribution in [-0.2, 0) is 4.74 Å². The summed E-state index contributed by atoms with van der Waals surface area (Å²) in [5.41, 5.74) is -0.493. The smallest absolute Gasteiger partial charge is 0.410 e. The van der Waals surface area contributed by atoms with Gasteiger partial charge in [-0.3, -0.25) is 4.98 Å². The third-order valence-electron chi connectivity index (χ3n) is 2.91. The van der Waals surface area contributed by atoms with E-state index in [9.17, 15) is 9.90 Å². The van der Waals surface area contributed by atoms with E-state index >= 15 is 0 Å². The maximum Gasteiger partial charge on any atom is 0.410 e. The van der Waals surface area contributed by atoms with E-state index in [0.717, 1.165) is 6.42 Å². The van der Waals surface area contributed by atoms with Gasteiger partial charge < -0.3 is 19.5 Å². The first-order valence-electron chi connectivity index (χ1n) is 6.61. The van der Waals surface area contributed by atoms with Gasteiger partial charge in [0.2, 0.25) is 0 Å². The molecule has 6 heteroatoms. The Morgan fingerprint density at radius 3 is 2.80 bits per heavy atom. The minimum Gasteiger partial charge on any atom is -0.506 e. The van der Waals surface area contributed by atoms with Gasteiger partial charge in [-0.05, 0) is 27.2 Å². The van der Waals surface area contributed by atoms with Gasteiger partial charge in [0.25, 0.3) is 0 Å². The van der Waals surface area contributed by atoms with Gasteiger partial charge in [-0.1, -0.05) is 0 Å². The second-order valence-corrected chi connectivity index (χ2v) is 5.81. The number of carbonyl (C=O) groups is 1. The van der Waals surface area contributed by atoms with Gasteiger partial charge in [-0.25, -0.2) is 4.79 Å². The summed E-state index contributed by atoms with van der Waals surface area (Å²) in [5, 5.41) is 9.29. The molecule has 1 aromatic heterocycles. The Morgan fingerprint density at radius 2 is 2.25 bits per heavy atom. The van der Waals surface area contributed by atoms with Gasteiger partial charge in [0.05, 0.1) is 18.4 Å². The number of ether oxygens (including phenoxy) is 2. The van der Waals surface area contributed by atoms with Crippen molar-refractivity contribution in [1.82, 2.24) is 9.88 Å². The molecule has 1 aromatic rings. The largest absolute Gasteiger partial charge is 0.506 e. The van der Waals surface area contributed by atoms with E-state index < -0.39 is 5.60 Å². The van der Waals surface area contributed by atoms with Gasteiger partial charge in [0.1, 0.15) is 23.7 Å². The molecule has 0 unspecified atom stereocenters. The minimum absolute atomic E-state index is 0.00667. The van der Waals surface area contributed by atoms with Gasteiger partial charge >= 0.3 is 6.09 Å². The van der Waals surface area contributed by atoms with Crippen molar-refractivity contribution in [3.05, 3.63) is 18.5 Å². The molecule has 110 valence electrons. The quantitative estimate of drug-likeness (QED) is 0.918. The Morgan fingerprint density at radius 1 is 1.50 bits per heavy atom. The predicted molar refractivity (Wildman–Crippen MR) is 72.7 cm³/mol. The van der Waals surface area contributed by atoms with Gasteiger partial charge in [-0.15, -0.1) is 0 Å². The first-order chi connectivity index (χ1) is 9.35. The van der Waals surface area contributed by atoms with Crippen molar-refractivity contribution >= 4 is 6.09 Å². The van der Waals surface area contributed by atoms with E-state index in [1.165, 1.54) is 18.5 Å². The van der Waals surface area contributed by atoms with Crippen LogP contribution < -0.4 is 4.74 Å². The molecule has 1 atom stereocenters. The van der Waals surface area contributed by atoms with Crippen LogP contribution in [0.25, 0.3) is 0 Å². The lowest BCUT2D eigenvalue weighted by Crippen LogP contribution is -2.55. The number of pyridine rings is 1. The van der Waals surface area contributed by atoms with Crippen molar-refractivity contribution < 1.29 is 19.4 Å². The van der Waals surface area contributed by atoms with Crippen molar-refractivity contribution in [1.29, 1.82) is 0 Å². The molecule has 0 bridgehead atoms. The molecule has 0 aromatic carbocycles. The lowest BCUT2D eigenvalue weighted by molar-refractivity contribution is -0.0141. The summed E-state index contributed by atoms with van der Waals surface area (Å²) in [7, 11) is 0. The van der Waals surface area contributed by atoms with E-state index in [0.29, 0.717) is 18.9 Å². The summed E-state index contributed by atoms with van der Waals surface area (Å²) in [6.45, 7) is 6.57. The molecule has 0 radical (unpaired) electrons. The molecule has 1 saturated heterocycles. The van der Waals surface area contributed by atoms with Crippen molar-refractivity contribution in [3.63, 3.8) is 0 Å². The first-order valence-corrected chi connectivity index (χ1v) is 6.61. The molecule has 2 rings (SSSR count). The second kappa shape index (κ2) is 5.56. The highest BCUT2D eigenvalue weighted by molar-refractivity contribution is 5.69. The predicted octanol–water partition coefficient (Wildman–Crippen LogP) is 2.18. The third kappa shape index (κ3) is 3.76. The molecule has 1 aliphatic rings. The Balaban J connectivity index is 1.84. The van der Waals surface area contributed by atoms with Crippen LogP contribution in [0.4, 0.5) is 4.79 Å². The van der Waals surface area contributed by atoms with Crippen LogP contribution in [0, 0.1) is 0 Å². The summed E-state index contributed by atoms with van der Waals surface area (Å²) >= 11 is 0. The Bertz CT molecular complexity index is 484.